The predicted octanol–water partition coefficient (Wildman–Crippen LogP) is 5.67. The molecule has 0 unspecified atom stereocenters. The lowest BCUT2D eigenvalue weighted by atomic mass is 10.1. The van der Waals surface area contributed by atoms with Crippen LogP contribution in [0.4, 0.5) is 0 Å². The summed E-state index contributed by atoms with van der Waals surface area (Å²) in [5, 5.41) is 0. The molecule has 2 aromatic rings. The Balaban J connectivity index is 1.61. The van der Waals surface area contributed by atoms with Gasteiger partial charge in [-0.25, -0.2) is 9.59 Å². The molecule has 45 heavy (non-hydrogen) atoms. The average Bonchev–Trinajstić information content (AvgIpc) is 3.05. The van der Waals surface area contributed by atoms with Crippen molar-refractivity contribution in [2.75, 3.05) is 76.0 Å². The maximum Gasteiger partial charge on any atom is 0.338 e. The first-order valence-corrected chi connectivity index (χ1v) is 15.0. The molecule has 2 rings (SSSR count). The largest absolute Gasteiger partial charge is 0.493 e. The Bertz CT molecular complexity index is 1200. The number of rotatable bonds is 21. The fourth-order valence-electron chi connectivity index (χ4n) is 4.77. The van der Waals surface area contributed by atoms with Gasteiger partial charge in [-0.2, -0.15) is 0 Å². The van der Waals surface area contributed by atoms with Crippen molar-refractivity contribution in [3.8, 4) is 34.5 Å². The van der Waals surface area contributed by atoms with Gasteiger partial charge >= 0.3 is 11.9 Å². The summed E-state index contributed by atoms with van der Waals surface area (Å²) in [5.74, 6) is 2.08. The Labute approximate surface area is 267 Å². The van der Waals surface area contributed by atoms with E-state index in [-0.39, 0.29) is 5.92 Å². The standard InChI is InChI=1S/C34H49NO10/c1-24(23-45-34(37)26-20-29(40-5)33(43-8)30(21-26)41-6)22-35(2)16-12-10-9-11-13-17-44-31(36)15-14-25-18-27(38-3)32(42-7)28(19-25)39-4/h14-15,18-21,24H,9-13,16-17,22-23H2,1-8H3/b15-14+/t24-/m1/s1. The van der Waals surface area contributed by atoms with E-state index in [2.05, 4.69) is 18.9 Å². The summed E-state index contributed by atoms with van der Waals surface area (Å²) >= 11 is 0. The van der Waals surface area contributed by atoms with E-state index in [9.17, 15) is 9.59 Å². The van der Waals surface area contributed by atoms with Crippen LogP contribution in [0.25, 0.3) is 6.08 Å². The van der Waals surface area contributed by atoms with E-state index in [0.717, 1.165) is 50.8 Å². The van der Waals surface area contributed by atoms with E-state index >= 15 is 0 Å². The van der Waals surface area contributed by atoms with Gasteiger partial charge in [-0.1, -0.05) is 26.2 Å². The molecule has 0 fully saturated rings. The van der Waals surface area contributed by atoms with E-state index in [0.29, 0.717) is 53.3 Å². The first-order valence-electron chi connectivity index (χ1n) is 15.0. The number of hydrogen-bond acceptors (Lipinski definition) is 11. The zero-order chi connectivity index (χ0) is 33.2. The van der Waals surface area contributed by atoms with Crippen LogP contribution in [0, 0.1) is 5.92 Å². The number of unbranched alkanes of at least 4 members (excludes halogenated alkanes) is 4. The molecule has 2 aromatic carbocycles. The lowest BCUT2D eigenvalue weighted by Gasteiger charge is -2.21. The van der Waals surface area contributed by atoms with E-state index < -0.39 is 11.9 Å². The van der Waals surface area contributed by atoms with Crippen molar-refractivity contribution >= 4 is 18.0 Å². The summed E-state index contributed by atoms with van der Waals surface area (Å²) in [6, 6.07) is 6.69. The summed E-state index contributed by atoms with van der Waals surface area (Å²) in [6.07, 6.45) is 8.06. The summed E-state index contributed by atoms with van der Waals surface area (Å²) in [5.41, 5.74) is 1.07. The van der Waals surface area contributed by atoms with Crippen LogP contribution >= 0.6 is 0 Å². The number of nitrogens with zero attached hydrogens (tertiary/aromatic N) is 1. The number of carbonyl (C=O) groups excluding carboxylic acids is 2. The first kappa shape index (κ1) is 37.1. The maximum absolute atomic E-state index is 12.7. The van der Waals surface area contributed by atoms with E-state index in [1.54, 1.807) is 51.7 Å². The fourth-order valence-corrected chi connectivity index (χ4v) is 4.77. The molecule has 0 aliphatic rings. The van der Waals surface area contributed by atoms with Crippen molar-refractivity contribution in [1.82, 2.24) is 4.90 Å². The number of methoxy groups -OCH3 is 6. The lowest BCUT2D eigenvalue weighted by Crippen LogP contribution is -2.28. The minimum Gasteiger partial charge on any atom is -0.493 e. The van der Waals surface area contributed by atoms with Gasteiger partial charge in [-0.15, -0.1) is 0 Å². The molecule has 0 aliphatic carbocycles. The third-order valence-electron chi connectivity index (χ3n) is 7.05. The number of ether oxygens (including phenoxy) is 8. The van der Waals surface area contributed by atoms with Crippen LogP contribution in [0.3, 0.4) is 0 Å². The number of carbonyl (C=O) groups is 2. The fraction of sp³-hybridized carbons (Fsp3) is 0.529. The smallest absolute Gasteiger partial charge is 0.338 e. The zero-order valence-electron chi connectivity index (χ0n) is 27.9. The quantitative estimate of drug-likeness (QED) is 0.0965. The van der Waals surface area contributed by atoms with Gasteiger partial charge in [-0.05, 0) is 62.3 Å². The number of esters is 2. The van der Waals surface area contributed by atoms with E-state index in [1.807, 2.05) is 0 Å². The molecular formula is C34H49NO10. The minimum atomic E-state index is -0.441. The Morgan fingerprint density at radius 2 is 1.22 bits per heavy atom. The molecule has 11 nitrogen and oxygen atoms in total. The monoisotopic (exact) mass is 631 g/mol. The van der Waals surface area contributed by atoms with Crippen LogP contribution in [0.15, 0.2) is 30.3 Å². The van der Waals surface area contributed by atoms with Gasteiger partial charge in [0.05, 0.1) is 61.4 Å². The van der Waals surface area contributed by atoms with Gasteiger partial charge in [0, 0.05) is 18.5 Å². The zero-order valence-corrected chi connectivity index (χ0v) is 27.9. The number of hydrogen-bond donors (Lipinski definition) is 0. The van der Waals surface area contributed by atoms with E-state index in [1.165, 1.54) is 27.4 Å². The molecule has 1 atom stereocenters. The molecule has 0 bridgehead atoms. The average molecular weight is 632 g/mol. The second-order valence-electron chi connectivity index (χ2n) is 10.6. The van der Waals surface area contributed by atoms with Crippen molar-refractivity contribution in [3.63, 3.8) is 0 Å². The Morgan fingerprint density at radius 3 is 1.76 bits per heavy atom. The van der Waals surface area contributed by atoms with Crippen molar-refractivity contribution < 1.29 is 47.5 Å². The van der Waals surface area contributed by atoms with Crippen molar-refractivity contribution in [3.05, 3.63) is 41.5 Å². The topological polar surface area (TPSA) is 111 Å². The Kier molecular flexibility index (Phi) is 16.5. The molecule has 0 radical (unpaired) electrons. The predicted molar refractivity (Wildman–Crippen MR) is 172 cm³/mol. The molecule has 0 saturated heterocycles. The maximum atomic E-state index is 12.7. The Morgan fingerprint density at radius 1 is 0.711 bits per heavy atom. The molecule has 0 saturated carbocycles. The summed E-state index contributed by atoms with van der Waals surface area (Å²) < 4.78 is 42.8. The van der Waals surface area contributed by atoms with Gasteiger partial charge in [0.15, 0.2) is 23.0 Å². The highest BCUT2D eigenvalue weighted by molar-refractivity contribution is 5.91. The first-order chi connectivity index (χ1) is 21.7. The SMILES string of the molecule is COc1cc(/C=C/C(=O)OCCCCCCCN(C)C[C@@H](C)COC(=O)c2cc(OC)c(OC)c(OC)c2)cc(OC)c1OC. The third kappa shape index (κ3) is 12.1. The van der Waals surface area contributed by atoms with Crippen molar-refractivity contribution in [2.24, 2.45) is 5.92 Å². The van der Waals surface area contributed by atoms with Crippen LogP contribution in [0.5, 0.6) is 34.5 Å². The Hall–Kier alpha value is -4.12. The highest BCUT2D eigenvalue weighted by atomic mass is 16.5. The normalized spacial score (nSPS) is 11.7. The molecule has 250 valence electrons. The van der Waals surface area contributed by atoms with Gasteiger partial charge < -0.3 is 42.8 Å². The van der Waals surface area contributed by atoms with Crippen LogP contribution in [-0.4, -0.2) is 92.8 Å². The minimum absolute atomic E-state index is 0.165. The highest BCUT2D eigenvalue weighted by Gasteiger charge is 2.19. The van der Waals surface area contributed by atoms with Crippen molar-refractivity contribution in [1.29, 1.82) is 0 Å². The second-order valence-corrected chi connectivity index (χ2v) is 10.6. The molecule has 0 aliphatic heterocycles. The third-order valence-corrected chi connectivity index (χ3v) is 7.05. The summed E-state index contributed by atoms with van der Waals surface area (Å²) in [7, 11) is 11.2. The van der Waals surface area contributed by atoms with Crippen molar-refractivity contribution in [2.45, 2.75) is 39.0 Å². The van der Waals surface area contributed by atoms with Crippen LogP contribution in [-0.2, 0) is 14.3 Å². The molecule has 0 aromatic heterocycles. The van der Waals surface area contributed by atoms with E-state index in [4.69, 9.17) is 37.9 Å². The number of benzene rings is 2. The second kappa shape index (κ2) is 20.0. The molecule has 11 heteroatoms. The molecule has 0 spiro atoms. The summed E-state index contributed by atoms with van der Waals surface area (Å²) in [4.78, 5) is 27.0. The van der Waals surface area contributed by atoms with Gasteiger partial charge in [0.2, 0.25) is 11.5 Å². The van der Waals surface area contributed by atoms with Gasteiger partial charge in [0.25, 0.3) is 0 Å². The molecular weight excluding hydrogens is 582 g/mol. The highest BCUT2D eigenvalue weighted by Crippen LogP contribution is 2.39. The van der Waals surface area contributed by atoms with Gasteiger partial charge in [-0.3, -0.25) is 0 Å². The van der Waals surface area contributed by atoms with Crippen LogP contribution in [0.2, 0.25) is 0 Å². The summed E-state index contributed by atoms with van der Waals surface area (Å²) in [6.45, 7) is 4.50. The molecule has 0 N–H and O–H groups in total. The lowest BCUT2D eigenvalue weighted by molar-refractivity contribution is -0.137. The molecule has 0 heterocycles. The van der Waals surface area contributed by atoms with Crippen LogP contribution in [0.1, 0.15) is 54.9 Å². The molecule has 0 amide bonds. The van der Waals surface area contributed by atoms with Crippen LogP contribution < -0.4 is 28.4 Å². The van der Waals surface area contributed by atoms with Gasteiger partial charge in [0.1, 0.15) is 0 Å².